The number of benzene rings is 1. The van der Waals surface area contributed by atoms with Crippen molar-refractivity contribution in [3.63, 3.8) is 0 Å². The van der Waals surface area contributed by atoms with Gasteiger partial charge in [0.15, 0.2) is 5.78 Å². The van der Waals surface area contributed by atoms with Crippen LogP contribution in [-0.4, -0.2) is 11.1 Å². The fourth-order valence-corrected chi connectivity index (χ4v) is 2.38. The summed E-state index contributed by atoms with van der Waals surface area (Å²) >= 11 is 16.8. The van der Waals surface area contributed by atoms with Crippen molar-refractivity contribution in [3.8, 4) is 0 Å². The average Bonchev–Trinajstić information content (AvgIpc) is 2.10. The van der Waals surface area contributed by atoms with Gasteiger partial charge in [-0.25, -0.2) is 0 Å². The third-order valence-electron chi connectivity index (χ3n) is 1.41. The first-order valence-electron chi connectivity index (χ1n) is 3.30. The molecule has 70 valence electrons. The van der Waals surface area contributed by atoms with E-state index in [2.05, 4.69) is 15.9 Å². The van der Waals surface area contributed by atoms with E-state index in [4.69, 9.17) is 23.2 Å². The molecule has 0 saturated carbocycles. The van der Waals surface area contributed by atoms with Crippen LogP contribution in [0.3, 0.4) is 0 Å². The number of hydrogen-bond donors (Lipinski definition) is 0. The molecular formula is C8H4BrCl2IO. The van der Waals surface area contributed by atoms with Crippen molar-refractivity contribution in [2.75, 3.05) is 5.33 Å². The number of rotatable bonds is 2. The molecule has 5 heteroatoms. The lowest BCUT2D eigenvalue weighted by Gasteiger charge is -2.03. The molecule has 0 radical (unpaired) electrons. The van der Waals surface area contributed by atoms with E-state index in [0.717, 1.165) is 3.57 Å². The number of Topliss-reactive ketones (excluding diaryl/α,β-unsaturated/α-hetero) is 1. The summed E-state index contributed by atoms with van der Waals surface area (Å²) in [4.78, 5) is 11.3. The molecule has 0 aromatic heterocycles. The number of carbonyl (C=O) groups is 1. The zero-order valence-electron chi connectivity index (χ0n) is 6.28. The van der Waals surface area contributed by atoms with Crippen LogP contribution in [0, 0.1) is 3.57 Å². The normalized spacial score (nSPS) is 10.2. The smallest absolute Gasteiger partial charge is 0.174 e. The summed E-state index contributed by atoms with van der Waals surface area (Å²) in [6.07, 6.45) is 0. The summed E-state index contributed by atoms with van der Waals surface area (Å²) in [7, 11) is 0. The number of alkyl halides is 1. The molecule has 0 aliphatic carbocycles. The maximum atomic E-state index is 11.3. The van der Waals surface area contributed by atoms with Crippen molar-refractivity contribution >= 4 is 67.5 Å². The minimum Gasteiger partial charge on any atom is -0.293 e. The third-order valence-corrected chi connectivity index (χ3v) is 3.72. The molecule has 13 heavy (non-hydrogen) atoms. The van der Waals surface area contributed by atoms with Gasteiger partial charge in [-0.05, 0) is 34.7 Å². The molecule has 1 rings (SSSR count). The molecular weight excluding hydrogens is 390 g/mol. The van der Waals surface area contributed by atoms with Crippen LogP contribution in [0.4, 0.5) is 0 Å². The summed E-state index contributed by atoms with van der Waals surface area (Å²) < 4.78 is 0.788. The molecule has 0 unspecified atom stereocenters. The van der Waals surface area contributed by atoms with Gasteiger partial charge < -0.3 is 0 Å². The van der Waals surface area contributed by atoms with Crippen LogP contribution < -0.4 is 0 Å². The van der Waals surface area contributed by atoms with Crippen LogP contribution >= 0.6 is 61.7 Å². The van der Waals surface area contributed by atoms with Crippen LogP contribution in [0.1, 0.15) is 10.4 Å². The Balaban J connectivity index is 3.28. The van der Waals surface area contributed by atoms with E-state index >= 15 is 0 Å². The summed E-state index contributed by atoms with van der Waals surface area (Å²) in [6, 6.07) is 3.30. The Bertz CT molecular complexity index is 354. The maximum absolute atomic E-state index is 11.3. The van der Waals surface area contributed by atoms with Crippen LogP contribution in [0.25, 0.3) is 0 Å². The van der Waals surface area contributed by atoms with Crippen molar-refractivity contribution in [3.05, 3.63) is 31.3 Å². The predicted octanol–water partition coefficient (Wildman–Crippen LogP) is 4.18. The van der Waals surface area contributed by atoms with Gasteiger partial charge in [-0.2, -0.15) is 0 Å². The SMILES string of the molecule is O=C(CBr)c1cc(Cl)cc(I)c1Cl. The lowest BCUT2D eigenvalue weighted by Crippen LogP contribution is -2.01. The third kappa shape index (κ3) is 2.81. The molecule has 0 saturated heterocycles. The number of halogens is 4. The highest BCUT2D eigenvalue weighted by atomic mass is 127. The van der Waals surface area contributed by atoms with E-state index < -0.39 is 0 Å². The number of carbonyl (C=O) groups excluding carboxylic acids is 1. The summed E-state index contributed by atoms with van der Waals surface area (Å²) in [5.41, 5.74) is 0.468. The minimum absolute atomic E-state index is 0.0644. The summed E-state index contributed by atoms with van der Waals surface area (Å²) in [5, 5.41) is 1.25. The molecule has 0 bridgehead atoms. The monoisotopic (exact) mass is 392 g/mol. The molecule has 0 heterocycles. The van der Waals surface area contributed by atoms with Crippen LogP contribution in [0.2, 0.25) is 10.0 Å². The van der Waals surface area contributed by atoms with Crippen LogP contribution in [0.5, 0.6) is 0 Å². The lowest BCUT2D eigenvalue weighted by atomic mass is 10.1. The van der Waals surface area contributed by atoms with Gasteiger partial charge in [0.25, 0.3) is 0 Å². The maximum Gasteiger partial charge on any atom is 0.174 e. The van der Waals surface area contributed by atoms with E-state index in [-0.39, 0.29) is 11.1 Å². The quantitative estimate of drug-likeness (QED) is 0.319. The molecule has 0 spiro atoms. The van der Waals surface area contributed by atoms with E-state index in [1.807, 2.05) is 22.6 Å². The fraction of sp³-hybridized carbons (Fsp3) is 0.125. The Hall–Kier alpha value is 0.680. The van der Waals surface area contributed by atoms with Crippen molar-refractivity contribution in [2.45, 2.75) is 0 Å². The first-order valence-corrected chi connectivity index (χ1v) is 6.25. The average molecular weight is 394 g/mol. The Morgan fingerprint density at radius 1 is 1.46 bits per heavy atom. The van der Waals surface area contributed by atoms with Crippen LogP contribution in [0.15, 0.2) is 12.1 Å². The Morgan fingerprint density at radius 2 is 2.08 bits per heavy atom. The van der Waals surface area contributed by atoms with Gasteiger partial charge in [-0.15, -0.1) is 0 Å². The molecule has 1 nitrogen and oxygen atoms in total. The van der Waals surface area contributed by atoms with E-state index in [1.54, 1.807) is 12.1 Å². The highest BCUT2D eigenvalue weighted by molar-refractivity contribution is 14.1. The molecule has 0 amide bonds. The molecule has 0 aliphatic heterocycles. The second-order valence-corrected chi connectivity index (χ2v) is 4.84. The summed E-state index contributed by atoms with van der Waals surface area (Å²) in [6.45, 7) is 0. The standard InChI is InChI=1S/C8H4BrCl2IO/c9-3-7(13)5-1-4(10)2-6(12)8(5)11/h1-2H,3H2. The van der Waals surface area contributed by atoms with Crippen LogP contribution in [-0.2, 0) is 0 Å². The molecule has 1 aromatic rings. The zero-order valence-corrected chi connectivity index (χ0v) is 11.5. The van der Waals surface area contributed by atoms with Gasteiger partial charge in [0.2, 0.25) is 0 Å². The van der Waals surface area contributed by atoms with Gasteiger partial charge in [0, 0.05) is 14.2 Å². The van der Waals surface area contributed by atoms with Crippen molar-refractivity contribution < 1.29 is 4.79 Å². The Morgan fingerprint density at radius 3 is 2.62 bits per heavy atom. The van der Waals surface area contributed by atoms with Gasteiger partial charge in [0.05, 0.1) is 10.4 Å². The molecule has 0 fully saturated rings. The molecule has 0 N–H and O–H groups in total. The van der Waals surface area contributed by atoms with Crippen molar-refractivity contribution in [2.24, 2.45) is 0 Å². The van der Waals surface area contributed by atoms with Gasteiger partial charge in [-0.3, -0.25) is 4.79 Å². The largest absolute Gasteiger partial charge is 0.293 e. The molecule has 1 aromatic carbocycles. The molecule has 0 aliphatic rings. The van der Waals surface area contributed by atoms with Crippen molar-refractivity contribution in [1.82, 2.24) is 0 Å². The van der Waals surface area contributed by atoms with Gasteiger partial charge in [-0.1, -0.05) is 39.1 Å². The number of hydrogen-bond acceptors (Lipinski definition) is 1. The topological polar surface area (TPSA) is 17.1 Å². The second-order valence-electron chi connectivity index (χ2n) is 2.31. The molecule has 0 atom stereocenters. The van der Waals surface area contributed by atoms with Gasteiger partial charge >= 0.3 is 0 Å². The highest BCUT2D eigenvalue weighted by Crippen LogP contribution is 2.27. The highest BCUT2D eigenvalue weighted by Gasteiger charge is 2.12. The predicted molar refractivity (Wildman–Crippen MR) is 67.3 cm³/mol. The number of ketones is 1. The first kappa shape index (κ1) is 11.8. The van der Waals surface area contributed by atoms with E-state index in [9.17, 15) is 4.79 Å². The summed E-state index contributed by atoms with van der Waals surface area (Å²) in [5.74, 6) is -0.0644. The Labute approximate surface area is 108 Å². The first-order chi connectivity index (χ1) is 6.06. The fourth-order valence-electron chi connectivity index (χ4n) is 0.831. The Kier molecular flexibility index (Phi) is 4.48. The van der Waals surface area contributed by atoms with E-state index in [1.165, 1.54) is 0 Å². The zero-order chi connectivity index (χ0) is 10.0. The second kappa shape index (κ2) is 4.96. The van der Waals surface area contributed by atoms with Crippen molar-refractivity contribution in [1.29, 1.82) is 0 Å². The minimum atomic E-state index is -0.0644. The van der Waals surface area contributed by atoms with Gasteiger partial charge in [0.1, 0.15) is 0 Å². The van der Waals surface area contributed by atoms with E-state index in [0.29, 0.717) is 15.6 Å². The lowest BCUT2D eigenvalue weighted by molar-refractivity contribution is 0.102.